The molecular weight excluding hydrogens is 138 g/mol. The highest BCUT2D eigenvalue weighted by Gasteiger charge is 2.04. The fourth-order valence-electron chi connectivity index (χ4n) is 0.619. The summed E-state index contributed by atoms with van der Waals surface area (Å²) in [5, 5.41) is 8.73. The number of halogens is 2. The minimum atomic E-state index is -0.981. The Balaban J connectivity index is 3.31. The Morgan fingerprint density at radius 3 is 2.40 bits per heavy atom. The van der Waals surface area contributed by atoms with Crippen LogP contribution >= 0.6 is 0 Å². The monoisotopic (exact) mass is 143 g/mol. The van der Waals surface area contributed by atoms with Crippen LogP contribution < -0.4 is 0 Å². The van der Waals surface area contributed by atoms with Gasteiger partial charge in [-0.3, -0.25) is 0 Å². The Morgan fingerprint density at radius 2 is 1.90 bits per heavy atom. The summed E-state index contributed by atoms with van der Waals surface area (Å²) >= 11 is 0. The highest BCUT2D eigenvalue weighted by molar-refractivity contribution is 5.35. The standard InChI is InChI=1S/C7H5F2O/c1-4-2-5(8)3-6(9)7(4)10/h2-3,10H,1H2. The quantitative estimate of drug-likeness (QED) is 0.587. The molecule has 0 aromatic heterocycles. The number of aromatic hydroxyl groups is 1. The van der Waals surface area contributed by atoms with Crippen molar-refractivity contribution in [2.75, 3.05) is 0 Å². The fourth-order valence-corrected chi connectivity index (χ4v) is 0.619. The van der Waals surface area contributed by atoms with E-state index in [1.54, 1.807) is 0 Å². The molecule has 3 heteroatoms. The van der Waals surface area contributed by atoms with Crippen LogP contribution in [0.15, 0.2) is 12.1 Å². The molecule has 0 heterocycles. The third kappa shape index (κ3) is 1.07. The van der Waals surface area contributed by atoms with Gasteiger partial charge in [0.2, 0.25) is 0 Å². The molecule has 0 atom stereocenters. The predicted octanol–water partition coefficient (Wildman–Crippen LogP) is 1.85. The zero-order valence-electron chi connectivity index (χ0n) is 5.06. The highest BCUT2D eigenvalue weighted by Crippen LogP contribution is 2.20. The van der Waals surface area contributed by atoms with Gasteiger partial charge >= 0.3 is 0 Å². The normalized spacial score (nSPS) is 9.90. The van der Waals surface area contributed by atoms with Crippen molar-refractivity contribution in [3.63, 3.8) is 0 Å². The van der Waals surface area contributed by atoms with E-state index in [1.807, 2.05) is 0 Å². The molecule has 1 N–H and O–H groups in total. The van der Waals surface area contributed by atoms with Gasteiger partial charge in [0.15, 0.2) is 11.6 Å². The van der Waals surface area contributed by atoms with E-state index in [9.17, 15) is 8.78 Å². The van der Waals surface area contributed by atoms with E-state index in [4.69, 9.17) is 5.11 Å². The van der Waals surface area contributed by atoms with Crippen molar-refractivity contribution in [2.45, 2.75) is 0 Å². The lowest BCUT2D eigenvalue weighted by atomic mass is 10.2. The van der Waals surface area contributed by atoms with Crippen LogP contribution in [0, 0.1) is 18.6 Å². The second-order valence-electron chi connectivity index (χ2n) is 1.90. The molecule has 0 spiro atoms. The molecule has 1 rings (SSSR count). The van der Waals surface area contributed by atoms with Crippen LogP contribution in [0.2, 0.25) is 0 Å². The maximum atomic E-state index is 12.3. The van der Waals surface area contributed by atoms with Gasteiger partial charge in [0, 0.05) is 11.6 Å². The van der Waals surface area contributed by atoms with Crippen molar-refractivity contribution in [1.29, 1.82) is 0 Å². The van der Waals surface area contributed by atoms with Gasteiger partial charge in [-0.05, 0) is 13.0 Å². The predicted molar refractivity (Wildman–Crippen MR) is 32.5 cm³/mol. The van der Waals surface area contributed by atoms with Crippen molar-refractivity contribution in [1.82, 2.24) is 0 Å². The lowest BCUT2D eigenvalue weighted by Gasteiger charge is -1.98. The van der Waals surface area contributed by atoms with Crippen molar-refractivity contribution < 1.29 is 13.9 Å². The van der Waals surface area contributed by atoms with Crippen LogP contribution in [0.5, 0.6) is 5.75 Å². The number of phenolic OH excluding ortho intramolecular Hbond substituents is 1. The molecule has 1 aromatic carbocycles. The molecule has 0 saturated carbocycles. The van der Waals surface area contributed by atoms with Crippen LogP contribution in [0.3, 0.4) is 0 Å². The van der Waals surface area contributed by atoms with Gasteiger partial charge in [0.05, 0.1) is 0 Å². The van der Waals surface area contributed by atoms with Gasteiger partial charge in [-0.15, -0.1) is 0 Å². The summed E-state index contributed by atoms with van der Waals surface area (Å²) in [6.07, 6.45) is 0. The molecule has 0 unspecified atom stereocenters. The molecule has 53 valence electrons. The first-order chi connectivity index (χ1) is 4.61. The summed E-state index contributed by atoms with van der Waals surface area (Å²) in [6, 6.07) is 1.56. The number of rotatable bonds is 0. The molecule has 0 aliphatic heterocycles. The van der Waals surface area contributed by atoms with Crippen molar-refractivity contribution in [2.24, 2.45) is 0 Å². The number of hydrogen-bond acceptors (Lipinski definition) is 1. The SMILES string of the molecule is [CH2]c1cc(F)cc(F)c1O. The van der Waals surface area contributed by atoms with Crippen LogP contribution in [0.1, 0.15) is 5.56 Å². The minimum Gasteiger partial charge on any atom is -0.505 e. The van der Waals surface area contributed by atoms with Crippen molar-refractivity contribution in [3.05, 3.63) is 36.3 Å². The van der Waals surface area contributed by atoms with Gasteiger partial charge < -0.3 is 5.11 Å². The Bertz CT molecular complexity index is 235. The molecule has 0 amide bonds. The molecule has 0 aliphatic rings. The lowest BCUT2D eigenvalue weighted by molar-refractivity contribution is 0.425. The number of hydrogen-bond donors (Lipinski definition) is 1. The number of benzene rings is 1. The topological polar surface area (TPSA) is 20.2 Å². The molecule has 10 heavy (non-hydrogen) atoms. The van der Waals surface area contributed by atoms with Gasteiger partial charge in [0.25, 0.3) is 0 Å². The second-order valence-corrected chi connectivity index (χ2v) is 1.90. The molecular formula is C7H5F2O. The summed E-state index contributed by atoms with van der Waals surface area (Å²) in [6.45, 7) is 3.21. The van der Waals surface area contributed by atoms with Gasteiger partial charge in [0.1, 0.15) is 5.82 Å². The van der Waals surface area contributed by atoms with E-state index >= 15 is 0 Å². The van der Waals surface area contributed by atoms with Gasteiger partial charge in [-0.25, -0.2) is 8.78 Å². The third-order valence-electron chi connectivity index (χ3n) is 1.11. The molecule has 1 radical (unpaired) electrons. The Labute approximate surface area is 56.9 Å². The largest absolute Gasteiger partial charge is 0.505 e. The van der Waals surface area contributed by atoms with Gasteiger partial charge in [-0.1, -0.05) is 0 Å². The average molecular weight is 143 g/mol. The summed E-state index contributed by atoms with van der Waals surface area (Å²) in [5.74, 6) is -2.31. The first-order valence-electron chi connectivity index (χ1n) is 2.61. The summed E-state index contributed by atoms with van der Waals surface area (Å²) in [4.78, 5) is 0. The van der Waals surface area contributed by atoms with Crippen LogP contribution in [-0.2, 0) is 0 Å². The fraction of sp³-hybridized carbons (Fsp3) is 0. The first kappa shape index (κ1) is 6.99. The van der Waals surface area contributed by atoms with E-state index in [0.29, 0.717) is 6.07 Å². The molecule has 1 nitrogen and oxygen atoms in total. The average Bonchev–Trinajstić information content (AvgIpc) is 1.82. The number of phenols is 1. The lowest BCUT2D eigenvalue weighted by Crippen LogP contribution is -1.83. The molecule has 0 aliphatic carbocycles. The zero-order valence-corrected chi connectivity index (χ0v) is 5.06. The second kappa shape index (κ2) is 2.25. The summed E-state index contributed by atoms with van der Waals surface area (Å²) in [7, 11) is 0. The smallest absolute Gasteiger partial charge is 0.168 e. The molecule has 0 bridgehead atoms. The highest BCUT2D eigenvalue weighted by atomic mass is 19.1. The van der Waals surface area contributed by atoms with Gasteiger partial charge in [-0.2, -0.15) is 0 Å². The summed E-state index contributed by atoms with van der Waals surface area (Å²) < 4.78 is 24.5. The Morgan fingerprint density at radius 1 is 1.30 bits per heavy atom. The van der Waals surface area contributed by atoms with E-state index in [-0.39, 0.29) is 5.56 Å². The van der Waals surface area contributed by atoms with Crippen molar-refractivity contribution in [3.8, 4) is 5.75 Å². The Hall–Kier alpha value is -1.12. The van der Waals surface area contributed by atoms with E-state index in [1.165, 1.54) is 0 Å². The van der Waals surface area contributed by atoms with Crippen LogP contribution in [-0.4, -0.2) is 5.11 Å². The van der Waals surface area contributed by atoms with E-state index in [0.717, 1.165) is 6.07 Å². The first-order valence-corrected chi connectivity index (χ1v) is 2.61. The van der Waals surface area contributed by atoms with E-state index in [2.05, 4.69) is 6.92 Å². The third-order valence-corrected chi connectivity index (χ3v) is 1.11. The maximum absolute atomic E-state index is 12.3. The Kier molecular flexibility index (Phi) is 1.57. The van der Waals surface area contributed by atoms with E-state index < -0.39 is 17.4 Å². The van der Waals surface area contributed by atoms with Crippen LogP contribution in [0.25, 0.3) is 0 Å². The zero-order chi connectivity index (χ0) is 7.72. The molecule has 1 aromatic rings. The minimum absolute atomic E-state index is 0.0440. The molecule has 0 fully saturated rings. The summed E-state index contributed by atoms with van der Waals surface area (Å²) in [5.41, 5.74) is -0.0440. The van der Waals surface area contributed by atoms with Crippen molar-refractivity contribution >= 4 is 0 Å². The molecule has 0 saturated heterocycles. The maximum Gasteiger partial charge on any atom is 0.168 e. The van der Waals surface area contributed by atoms with Crippen LogP contribution in [0.4, 0.5) is 8.78 Å².